The van der Waals surface area contributed by atoms with E-state index < -0.39 is 5.97 Å². The average molecular weight is 336 g/mol. The van der Waals surface area contributed by atoms with Crippen molar-refractivity contribution >= 4 is 16.9 Å². The summed E-state index contributed by atoms with van der Waals surface area (Å²) < 4.78 is 5.01. The molecule has 0 spiro atoms. The van der Waals surface area contributed by atoms with Crippen LogP contribution in [-0.2, 0) is 4.74 Å². The van der Waals surface area contributed by atoms with E-state index in [-0.39, 0.29) is 5.56 Å². The third-order valence-electron chi connectivity index (χ3n) is 3.86. The monoisotopic (exact) mass is 336 g/mol. The van der Waals surface area contributed by atoms with Crippen LogP contribution in [0.5, 0.6) is 0 Å². The Morgan fingerprint density at radius 2 is 1.68 bits per heavy atom. The molecule has 0 amide bonds. The summed E-state index contributed by atoms with van der Waals surface area (Å²) >= 11 is 0. The fraction of sp³-hybridized carbons (Fsp3) is 0.200. The number of para-hydroxylation sites is 1. The first-order valence-electron chi connectivity index (χ1n) is 8.22. The fourth-order valence-corrected chi connectivity index (χ4v) is 2.62. The van der Waals surface area contributed by atoms with E-state index in [1.807, 2.05) is 48.5 Å². The van der Waals surface area contributed by atoms with Crippen molar-refractivity contribution < 1.29 is 14.6 Å². The molecule has 0 aliphatic carbocycles. The molecule has 0 radical (unpaired) electrons. The second kappa shape index (κ2) is 8.37. The van der Waals surface area contributed by atoms with E-state index in [0.29, 0.717) is 16.6 Å². The molecule has 0 atom stereocenters. The van der Waals surface area contributed by atoms with Crippen molar-refractivity contribution in [3.8, 4) is 11.3 Å². The van der Waals surface area contributed by atoms with Crippen LogP contribution in [0.4, 0.5) is 0 Å². The van der Waals surface area contributed by atoms with Crippen LogP contribution >= 0.6 is 0 Å². The molecule has 1 fully saturated rings. The first-order chi connectivity index (χ1) is 12.3. The normalized spacial score (nSPS) is 13.8. The molecule has 1 aliphatic rings. The van der Waals surface area contributed by atoms with E-state index in [0.717, 1.165) is 31.9 Å². The standard InChI is InChI=1S/C16H11NO2.C4H9NO/c18-16(19)13-10-15(11-6-2-1-3-7-11)17-14-9-5-4-8-12(13)14;1-3-6-4-2-5-1/h1-10H,(H,18,19);5H,1-4H2. The minimum atomic E-state index is -0.934. The van der Waals surface area contributed by atoms with E-state index in [1.54, 1.807) is 12.1 Å². The molecule has 25 heavy (non-hydrogen) atoms. The molecule has 2 heterocycles. The predicted octanol–water partition coefficient (Wildman–Crippen LogP) is 3.21. The number of hydrogen-bond donors (Lipinski definition) is 2. The van der Waals surface area contributed by atoms with Crippen molar-refractivity contribution in [2.24, 2.45) is 0 Å². The highest BCUT2D eigenvalue weighted by Crippen LogP contribution is 2.24. The van der Waals surface area contributed by atoms with Gasteiger partial charge in [0.15, 0.2) is 0 Å². The quantitative estimate of drug-likeness (QED) is 0.752. The van der Waals surface area contributed by atoms with E-state index in [4.69, 9.17) is 4.74 Å². The number of benzene rings is 2. The first kappa shape index (κ1) is 17.1. The molecule has 5 heteroatoms. The van der Waals surface area contributed by atoms with Gasteiger partial charge in [0.05, 0.1) is 30.0 Å². The van der Waals surface area contributed by atoms with Gasteiger partial charge in [-0.3, -0.25) is 0 Å². The van der Waals surface area contributed by atoms with Gasteiger partial charge in [0.25, 0.3) is 0 Å². The Hall–Kier alpha value is -2.76. The van der Waals surface area contributed by atoms with Crippen LogP contribution < -0.4 is 5.32 Å². The summed E-state index contributed by atoms with van der Waals surface area (Å²) in [6.45, 7) is 3.83. The van der Waals surface area contributed by atoms with Crippen LogP contribution in [0, 0.1) is 0 Å². The number of morpholine rings is 1. The van der Waals surface area contributed by atoms with Crippen LogP contribution in [-0.4, -0.2) is 42.4 Å². The van der Waals surface area contributed by atoms with Gasteiger partial charge in [0.2, 0.25) is 0 Å². The Bertz CT molecular complexity index is 834. The summed E-state index contributed by atoms with van der Waals surface area (Å²) in [4.78, 5) is 15.9. The summed E-state index contributed by atoms with van der Waals surface area (Å²) in [7, 11) is 0. The van der Waals surface area contributed by atoms with Crippen molar-refractivity contribution in [1.82, 2.24) is 10.3 Å². The maximum absolute atomic E-state index is 11.4. The molecule has 2 aromatic carbocycles. The zero-order chi connectivity index (χ0) is 17.5. The number of pyridine rings is 1. The number of carbonyl (C=O) groups is 1. The average Bonchev–Trinajstić information content (AvgIpc) is 2.69. The number of carboxylic acids is 1. The van der Waals surface area contributed by atoms with Crippen LogP contribution in [0.15, 0.2) is 60.7 Å². The highest BCUT2D eigenvalue weighted by molar-refractivity contribution is 6.03. The van der Waals surface area contributed by atoms with Gasteiger partial charge < -0.3 is 15.2 Å². The molecule has 4 rings (SSSR count). The number of ether oxygens (including phenoxy) is 1. The number of nitrogens with one attached hydrogen (secondary N) is 1. The van der Waals surface area contributed by atoms with E-state index in [1.165, 1.54) is 0 Å². The third kappa shape index (κ3) is 4.41. The smallest absolute Gasteiger partial charge is 0.336 e. The molecule has 128 valence electrons. The van der Waals surface area contributed by atoms with Crippen molar-refractivity contribution in [2.75, 3.05) is 26.3 Å². The number of nitrogens with zero attached hydrogens (tertiary/aromatic N) is 1. The number of fused-ring (bicyclic) bond motifs is 1. The lowest BCUT2D eigenvalue weighted by molar-refractivity contribution is 0.0699. The van der Waals surface area contributed by atoms with E-state index in [9.17, 15) is 9.90 Å². The Morgan fingerprint density at radius 3 is 2.28 bits per heavy atom. The second-order valence-corrected chi connectivity index (χ2v) is 5.61. The lowest BCUT2D eigenvalue weighted by atomic mass is 10.0. The Kier molecular flexibility index (Phi) is 5.72. The Labute approximate surface area is 146 Å². The Morgan fingerprint density at radius 1 is 1.00 bits per heavy atom. The van der Waals surface area contributed by atoms with Crippen LogP contribution in [0.25, 0.3) is 22.2 Å². The molecule has 0 unspecified atom stereocenters. The van der Waals surface area contributed by atoms with Gasteiger partial charge in [-0.1, -0.05) is 48.5 Å². The van der Waals surface area contributed by atoms with Crippen molar-refractivity contribution in [3.63, 3.8) is 0 Å². The van der Waals surface area contributed by atoms with Crippen LogP contribution in [0.3, 0.4) is 0 Å². The molecule has 2 N–H and O–H groups in total. The largest absolute Gasteiger partial charge is 0.478 e. The fourth-order valence-electron chi connectivity index (χ4n) is 2.62. The molecule has 0 bridgehead atoms. The van der Waals surface area contributed by atoms with Gasteiger partial charge >= 0.3 is 5.97 Å². The molecular formula is C20H20N2O3. The summed E-state index contributed by atoms with van der Waals surface area (Å²) in [5.41, 5.74) is 2.57. The zero-order valence-electron chi connectivity index (χ0n) is 13.8. The van der Waals surface area contributed by atoms with Gasteiger partial charge in [0, 0.05) is 24.0 Å². The maximum Gasteiger partial charge on any atom is 0.336 e. The molecule has 3 aromatic rings. The summed E-state index contributed by atoms with van der Waals surface area (Å²) in [5.74, 6) is -0.934. The van der Waals surface area contributed by atoms with Crippen LogP contribution in [0.2, 0.25) is 0 Å². The van der Waals surface area contributed by atoms with Gasteiger partial charge in [-0.05, 0) is 12.1 Å². The number of aromatic nitrogens is 1. The topological polar surface area (TPSA) is 71.5 Å². The van der Waals surface area contributed by atoms with Crippen molar-refractivity contribution in [1.29, 1.82) is 0 Å². The second-order valence-electron chi connectivity index (χ2n) is 5.61. The molecule has 1 aliphatic heterocycles. The molecule has 0 saturated carbocycles. The first-order valence-corrected chi connectivity index (χ1v) is 8.22. The maximum atomic E-state index is 11.4. The molecular weight excluding hydrogens is 316 g/mol. The SMILES string of the molecule is C1COCCN1.O=C(O)c1cc(-c2ccccc2)nc2ccccc12. The summed E-state index contributed by atoms with van der Waals surface area (Å²) in [6, 6.07) is 18.5. The zero-order valence-corrected chi connectivity index (χ0v) is 13.8. The van der Waals surface area contributed by atoms with Crippen molar-refractivity contribution in [3.05, 3.63) is 66.2 Å². The minimum Gasteiger partial charge on any atom is -0.478 e. The van der Waals surface area contributed by atoms with Gasteiger partial charge in [-0.25, -0.2) is 9.78 Å². The lowest BCUT2D eigenvalue weighted by Gasteiger charge is -2.10. The molecule has 5 nitrogen and oxygen atoms in total. The molecule has 1 aromatic heterocycles. The summed E-state index contributed by atoms with van der Waals surface area (Å²) in [6.07, 6.45) is 0. The number of rotatable bonds is 2. The highest BCUT2D eigenvalue weighted by atomic mass is 16.5. The lowest BCUT2D eigenvalue weighted by Crippen LogP contribution is -2.30. The third-order valence-corrected chi connectivity index (χ3v) is 3.86. The van der Waals surface area contributed by atoms with Gasteiger partial charge in [0.1, 0.15) is 0 Å². The van der Waals surface area contributed by atoms with Crippen molar-refractivity contribution in [2.45, 2.75) is 0 Å². The number of carboxylic acid groups (broad SMARTS) is 1. The molecule has 1 saturated heterocycles. The van der Waals surface area contributed by atoms with E-state index >= 15 is 0 Å². The van der Waals surface area contributed by atoms with E-state index in [2.05, 4.69) is 10.3 Å². The van der Waals surface area contributed by atoms with Gasteiger partial charge in [-0.2, -0.15) is 0 Å². The predicted molar refractivity (Wildman–Crippen MR) is 97.8 cm³/mol. The number of aromatic carboxylic acids is 1. The Balaban J connectivity index is 0.000000258. The minimum absolute atomic E-state index is 0.282. The summed E-state index contributed by atoms with van der Waals surface area (Å²) in [5, 5.41) is 13.1. The van der Waals surface area contributed by atoms with Crippen LogP contribution in [0.1, 0.15) is 10.4 Å². The number of hydrogen-bond acceptors (Lipinski definition) is 4. The van der Waals surface area contributed by atoms with Gasteiger partial charge in [-0.15, -0.1) is 0 Å². The highest BCUT2D eigenvalue weighted by Gasteiger charge is 2.12.